The number of aromatic hydroxyl groups is 1. The van der Waals surface area contributed by atoms with Gasteiger partial charge in [-0.3, -0.25) is 4.99 Å². The number of guanidine groups is 1. The molecule has 12 aliphatic rings. The number of rotatable bonds is 7. The molecule has 7 aliphatic heterocycles. The molecule has 13 nitrogen and oxygen atoms in total. The fourth-order valence-corrected chi connectivity index (χ4v) is 18.4. The van der Waals surface area contributed by atoms with E-state index < -0.39 is 18.3 Å². The van der Waals surface area contributed by atoms with E-state index in [-0.39, 0.29) is 64.6 Å². The average molecular weight is 1120 g/mol. The van der Waals surface area contributed by atoms with Gasteiger partial charge in [-0.1, -0.05) is 64.2 Å². The van der Waals surface area contributed by atoms with Crippen molar-refractivity contribution < 1.29 is 44.1 Å². The Balaban J connectivity index is 0.961. The lowest BCUT2D eigenvalue weighted by Crippen LogP contribution is -2.55. The van der Waals surface area contributed by atoms with E-state index in [1.165, 1.54) is 12.8 Å². The molecule has 3 spiro atoms. The molecule has 3 aromatic rings. The van der Waals surface area contributed by atoms with Crippen molar-refractivity contribution >= 4 is 5.96 Å². The van der Waals surface area contributed by atoms with E-state index in [4.69, 9.17) is 34.4 Å². The van der Waals surface area contributed by atoms with Crippen LogP contribution in [0.2, 0.25) is 0 Å². The number of fused-ring (bicyclic) bond motifs is 2. The van der Waals surface area contributed by atoms with Gasteiger partial charge < -0.3 is 60.5 Å². The SMILES string of the molecule is CC[C@@H]1C[C@H]2C=C[C@@H]1C[C@@H](O)C[C@@]1(CCC[C@]13CCO[C@]1(CCC[C@@H](CNC)C1)C3)CN=C(N)NCC[C@@H]1[C@H](CO)CC[C@H]3CC#COc4ccc(cc4O[C@@H]31)[C@@H]1Oc3cc(OC)c4c(c3C[C@H]1O)[C@H]2Cc1cc(O)c(CC(C)C)cc1-4. The molecule has 15 rings (SSSR count). The Labute approximate surface area is 487 Å². The number of methoxy groups -OCH3 is 1. The summed E-state index contributed by atoms with van der Waals surface area (Å²) in [6.07, 6.45) is 23.3. The molecule has 7 heterocycles. The van der Waals surface area contributed by atoms with Gasteiger partial charge in [0.05, 0.1) is 24.9 Å². The lowest BCUT2D eigenvalue weighted by atomic mass is 9.54. The van der Waals surface area contributed by atoms with Crippen LogP contribution in [-0.4, -0.2) is 97.3 Å². The Hall–Kier alpha value is -4.97. The third-order valence-corrected chi connectivity index (χ3v) is 22.3. The molecule has 9 bridgehead atoms. The van der Waals surface area contributed by atoms with Gasteiger partial charge in [0.15, 0.2) is 17.5 Å². The fraction of sp³-hybridized carbons (Fsp3) is 0.667. The lowest BCUT2D eigenvalue weighted by Gasteiger charge is -2.56. The van der Waals surface area contributed by atoms with Crippen LogP contribution in [0.1, 0.15) is 170 Å². The van der Waals surface area contributed by atoms with Crippen LogP contribution in [0.15, 0.2) is 53.5 Å². The number of allylic oxidation sites excluding steroid dienone is 2. The second-order valence-corrected chi connectivity index (χ2v) is 27.5. The van der Waals surface area contributed by atoms with Gasteiger partial charge in [-0.15, -0.1) is 0 Å². The smallest absolute Gasteiger partial charge is 0.188 e. The summed E-state index contributed by atoms with van der Waals surface area (Å²) in [4.78, 5) is 5.33. The molecule has 3 aromatic carbocycles. The summed E-state index contributed by atoms with van der Waals surface area (Å²) in [6.45, 7) is 9.57. The molecule has 8 N–H and O–H groups in total. The van der Waals surface area contributed by atoms with Crippen molar-refractivity contribution in [2.24, 2.45) is 68.9 Å². The first kappa shape index (κ1) is 57.5. The predicted molar refractivity (Wildman–Crippen MR) is 320 cm³/mol. The molecule has 3 saturated carbocycles. The number of phenolic OH excluding ortho intramolecular Hbond substituents is 1. The van der Waals surface area contributed by atoms with Gasteiger partial charge in [0.2, 0.25) is 0 Å². The number of ether oxygens (including phenoxy) is 5. The first-order valence-corrected chi connectivity index (χ1v) is 31.9. The van der Waals surface area contributed by atoms with Crippen LogP contribution in [0.25, 0.3) is 11.1 Å². The van der Waals surface area contributed by atoms with Crippen molar-refractivity contribution in [2.75, 3.05) is 47.0 Å². The van der Waals surface area contributed by atoms with Crippen LogP contribution in [-0.2, 0) is 24.0 Å². The van der Waals surface area contributed by atoms with Gasteiger partial charge in [-0.25, -0.2) is 0 Å². The number of aliphatic hydroxyl groups is 3. The van der Waals surface area contributed by atoms with E-state index >= 15 is 0 Å². The maximum absolute atomic E-state index is 12.9. The number of hydrogen-bond acceptors (Lipinski definition) is 13. The molecular weight excluding hydrogens is 1030 g/mol. The van der Waals surface area contributed by atoms with Gasteiger partial charge >= 0.3 is 0 Å². The molecule has 1 saturated heterocycles. The summed E-state index contributed by atoms with van der Waals surface area (Å²) >= 11 is 0. The Morgan fingerprint density at radius 2 is 1.77 bits per heavy atom. The summed E-state index contributed by atoms with van der Waals surface area (Å²) in [5, 5.41) is 55.1. The molecule has 13 heteroatoms. The van der Waals surface area contributed by atoms with E-state index in [9.17, 15) is 20.4 Å². The van der Waals surface area contributed by atoms with E-state index in [1.54, 1.807) is 7.11 Å². The summed E-state index contributed by atoms with van der Waals surface area (Å²) in [6, 6.07) is 12.0. The molecule has 82 heavy (non-hydrogen) atoms. The quantitative estimate of drug-likeness (QED) is 0.0877. The number of nitrogens with one attached hydrogen (secondary N) is 2. The molecule has 0 amide bonds. The molecular formula is C69H94N4O9. The zero-order valence-corrected chi connectivity index (χ0v) is 49.7. The first-order chi connectivity index (χ1) is 39.7. The number of hydrogen-bond donors (Lipinski definition) is 7. The largest absolute Gasteiger partial charge is 0.508 e. The van der Waals surface area contributed by atoms with Gasteiger partial charge in [0, 0.05) is 68.2 Å². The molecule has 444 valence electrons. The predicted octanol–water partition coefficient (Wildman–Crippen LogP) is 10.9. The standard InChI is InChI=1S/C69H94N4O9/c1-6-43-27-46-14-13-45(43)28-51(75)36-68(20-9-19-67(68)22-25-80-69(39-67)21-7-10-42(35-69)37-71-4)40-73-66(70)72-23-18-52-48(38-74)15-12-44-11-8-24-79-58-17-16-47(32-60(58)82-64(44)52)65-57(77)33-55-59(81-65)34-61(78-5)63-54-30-50(26-41(2)3)56(76)31-49(54)29-53(46)62(55)63/h13-14,16-17,30-32,34,41-46,48,51-53,57,64-65,71,74-77H,6-7,9-12,15,18-23,25-29,33,35-40H2,1-5H3,(H3,70,72,73)/t42-,43-,44-,45-,46-,48+,51-,52-,53+,57-,64+,65+,67-,68+,69+/m1/s1. The van der Waals surface area contributed by atoms with Crippen molar-refractivity contribution in [1.29, 1.82) is 0 Å². The highest BCUT2D eigenvalue weighted by Gasteiger charge is 2.60. The van der Waals surface area contributed by atoms with Crippen LogP contribution in [0.3, 0.4) is 0 Å². The van der Waals surface area contributed by atoms with Gasteiger partial charge in [-0.05, 0) is 214 Å². The van der Waals surface area contributed by atoms with Crippen LogP contribution in [0, 0.1) is 70.2 Å². The Morgan fingerprint density at radius 3 is 2.59 bits per heavy atom. The highest BCUT2D eigenvalue weighted by molar-refractivity contribution is 5.84. The summed E-state index contributed by atoms with van der Waals surface area (Å²) < 4.78 is 33.9. The monoisotopic (exact) mass is 1120 g/mol. The van der Waals surface area contributed by atoms with Crippen molar-refractivity contribution in [1.82, 2.24) is 10.6 Å². The second kappa shape index (κ2) is 23.8. The van der Waals surface area contributed by atoms with E-state index in [2.05, 4.69) is 68.7 Å². The molecule has 5 aliphatic carbocycles. The Bertz CT molecular complexity index is 2930. The zero-order valence-electron chi connectivity index (χ0n) is 49.7. The number of nitrogens with zero attached hydrogens (tertiary/aromatic N) is 1. The Kier molecular flexibility index (Phi) is 16.7. The van der Waals surface area contributed by atoms with E-state index in [0.717, 1.165) is 129 Å². The second-order valence-electron chi connectivity index (χ2n) is 27.5. The van der Waals surface area contributed by atoms with E-state index in [0.29, 0.717) is 104 Å². The van der Waals surface area contributed by atoms with Crippen molar-refractivity contribution in [3.8, 4) is 51.9 Å². The minimum Gasteiger partial charge on any atom is -0.508 e. The van der Waals surface area contributed by atoms with Crippen LogP contribution in [0.4, 0.5) is 0 Å². The number of aliphatic hydroxyl groups excluding tert-OH is 3. The van der Waals surface area contributed by atoms with Gasteiger partial charge in [0.25, 0.3) is 0 Å². The van der Waals surface area contributed by atoms with Crippen molar-refractivity contribution in [3.05, 3.63) is 76.4 Å². The first-order valence-electron chi connectivity index (χ1n) is 31.9. The topological polar surface area (TPSA) is 190 Å². The normalized spacial score (nSPS) is 36.0. The average Bonchev–Trinajstić information content (AvgIpc) is 3.10. The maximum atomic E-state index is 12.9. The molecule has 15 atom stereocenters. The third-order valence-electron chi connectivity index (χ3n) is 22.3. The summed E-state index contributed by atoms with van der Waals surface area (Å²) in [7, 11) is 3.80. The van der Waals surface area contributed by atoms with Crippen LogP contribution >= 0.6 is 0 Å². The summed E-state index contributed by atoms with van der Waals surface area (Å²) in [5.74, 6) is 8.18. The Morgan fingerprint density at radius 1 is 0.915 bits per heavy atom. The third kappa shape index (κ3) is 10.9. The van der Waals surface area contributed by atoms with Crippen molar-refractivity contribution in [2.45, 2.75) is 185 Å². The van der Waals surface area contributed by atoms with Gasteiger partial charge in [0.1, 0.15) is 35.6 Å². The molecule has 0 radical (unpaired) electrons. The number of benzene rings is 3. The number of phenols is 1. The lowest BCUT2D eigenvalue weighted by molar-refractivity contribution is -0.179. The van der Waals surface area contributed by atoms with Crippen LogP contribution < -0.4 is 35.3 Å². The highest BCUT2D eigenvalue weighted by atomic mass is 16.5. The zero-order chi connectivity index (χ0) is 56.9. The minimum absolute atomic E-state index is 0.00168. The number of aliphatic imine (C=N–C) groups is 1. The fourth-order valence-electron chi connectivity index (χ4n) is 18.4. The van der Waals surface area contributed by atoms with E-state index in [1.807, 2.05) is 30.3 Å². The summed E-state index contributed by atoms with van der Waals surface area (Å²) in [5.41, 5.74) is 13.6. The number of nitrogens with two attached hydrogens (primary N) is 1. The minimum atomic E-state index is -0.896. The van der Waals surface area contributed by atoms with Crippen molar-refractivity contribution in [3.63, 3.8) is 0 Å². The molecule has 0 unspecified atom stereocenters. The van der Waals surface area contributed by atoms with Crippen LogP contribution in [0.5, 0.6) is 28.7 Å². The van der Waals surface area contributed by atoms with Gasteiger partial charge in [-0.2, -0.15) is 0 Å². The molecule has 0 aromatic heterocycles. The highest BCUT2D eigenvalue weighted by Crippen LogP contribution is 2.65. The molecule has 4 fully saturated rings. The maximum Gasteiger partial charge on any atom is 0.188 e.